The van der Waals surface area contributed by atoms with Gasteiger partial charge in [-0.05, 0) is 25.1 Å². The molecule has 0 saturated heterocycles. The fourth-order valence-corrected chi connectivity index (χ4v) is 2.27. The van der Waals surface area contributed by atoms with Crippen LogP contribution in [0.5, 0.6) is 5.75 Å². The molecule has 2 aromatic rings. The second kappa shape index (κ2) is 7.69. The maximum absolute atomic E-state index is 13.7. The van der Waals surface area contributed by atoms with E-state index in [1.54, 1.807) is 6.92 Å². The maximum Gasteiger partial charge on any atom is 0.338 e. The lowest BCUT2D eigenvalue weighted by atomic mass is 10.1. The number of benzene rings is 2. The molecule has 0 saturated carbocycles. The van der Waals surface area contributed by atoms with Crippen LogP contribution in [0.15, 0.2) is 36.4 Å². The first-order chi connectivity index (χ1) is 11.8. The molecule has 132 valence electrons. The number of non-ortho nitro benzene ring substituents is 1. The molecule has 0 radical (unpaired) electrons. The van der Waals surface area contributed by atoms with Gasteiger partial charge < -0.3 is 9.47 Å². The first-order valence-corrected chi connectivity index (χ1v) is 7.29. The van der Waals surface area contributed by atoms with Crippen molar-refractivity contribution in [3.8, 4) is 5.75 Å². The number of esters is 1. The SMILES string of the molecule is COc1c(C[C@@H](C)OC(=O)c2ccc([N+](=O)[O-])cc2)ccc(F)c1F. The van der Waals surface area contributed by atoms with Crippen molar-refractivity contribution in [3.05, 3.63) is 69.3 Å². The summed E-state index contributed by atoms with van der Waals surface area (Å²) in [4.78, 5) is 22.1. The van der Waals surface area contributed by atoms with Crippen molar-refractivity contribution in [2.24, 2.45) is 0 Å². The van der Waals surface area contributed by atoms with E-state index in [4.69, 9.17) is 9.47 Å². The van der Waals surface area contributed by atoms with Gasteiger partial charge in [-0.2, -0.15) is 4.39 Å². The molecule has 0 N–H and O–H groups in total. The van der Waals surface area contributed by atoms with Crippen molar-refractivity contribution in [3.63, 3.8) is 0 Å². The van der Waals surface area contributed by atoms with E-state index in [0.29, 0.717) is 5.56 Å². The van der Waals surface area contributed by atoms with Gasteiger partial charge in [0.05, 0.1) is 17.6 Å². The van der Waals surface area contributed by atoms with Crippen LogP contribution >= 0.6 is 0 Å². The molecule has 25 heavy (non-hydrogen) atoms. The van der Waals surface area contributed by atoms with Gasteiger partial charge in [0.25, 0.3) is 5.69 Å². The second-order valence-electron chi connectivity index (χ2n) is 5.28. The van der Waals surface area contributed by atoms with Crippen LogP contribution in [-0.2, 0) is 11.2 Å². The van der Waals surface area contributed by atoms with Gasteiger partial charge in [0.1, 0.15) is 6.10 Å². The summed E-state index contributed by atoms with van der Waals surface area (Å²) in [7, 11) is 1.22. The Labute approximate surface area is 142 Å². The molecule has 0 aliphatic rings. The predicted molar refractivity (Wildman–Crippen MR) is 84.6 cm³/mol. The summed E-state index contributed by atoms with van der Waals surface area (Å²) in [5.41, 5.74) is 0.358. The van der Waals surface area contributed by atoms with Crippen molar-refractivity contribution in [1.29, 1.82) is 0 Å². The predicted octanol–water partition coefficient (Wildman–Crippen LogP) is 3.67. The fourth-order valence-electron chi connectivity index (χ4n) is 2.27. The van der Waals surface area contributed by atoms with Gasteiger partial charge in [0, 0.05) is 24.1 Å². The summed E-state index contributed by atoms with van der Waals surface area (Å²) in [6.45, 7) is 1.59. The average Bonchev–Trinajstić information content (AvgIpc) is 2.58. The van der Waals surface area contributed by atoms with E-state index in [2.05, 4.69) is 0 Å². The number of hydrogen-bond acceptors (Lipinski definition) is 5. The number of nitrogens with zero attached hydrogens (tertiary/aromatic N) is 1. The maximum atomic E-state index is 13.7. The monoisotopic (exact) mass is 351 g/mol. The molecule has 0 fully saturated rings. The van der Waals surface area contributed by atoms with Gasteiger partial charge in [-0.15, -0.1) is 0 Å². The van der Waals surface area contributed by atoms with Crippen LogP contribution in [0.3, 0.4) is 0 Å². The molecule has 0 aliphatic heterocycles. The van der Waals surface area contributed by atoms with Crippen LogP contribution in [0.25, 0.3) is 0 Å². The Morgan fingerprint density at radius 2 is 1.84 bits per heavy atom. The number of nitro benzene ring substituents is 1. The summed E-state index contributed by atoms with van der Waals surface area (Å²) in [5.74, 6) is -3.05. The Bertz CT molecular complexity index is 792. The van der Waals surface area contributed by atoms with E-state index in [1.165, 1.54) is 37.4 Å². The van der Waals surface area contributed by atoms with Crippen LogP contribution in [0.2, 0.25) is 0 Å². The van der Waals surface area contributed by atoms with Crippen LogP contribution in [-0.4, -0.2) is 24.1 Å². The molecule has 0 bridgehead atoms. The number of ether oxygens (including phenoxy) is 2. The highest BCUT2D eigenvalue weighted by atomic mass is 19.2. The van der Waals surface area contributed by atoms with E-state index < -0.39 is 28.6 Å². The molecule has 8 heteroatoms. The normalized spacial score (nSPS) is 11.7. The molecule has 1 atom stereocenters. The fraction of sp³-hybridized carbons (Fsp3) is 0.235. The van der Waals surface area contributed by atoms with Crippen LogP contribution in [0.4, 0.5) is 14.5 Å². The summed E-state index contributed by atoms with van der Waals surface area (Å²) in [6.07, 6.45) is -0.541. The lowest BCUT2D eigenvalue weighted by Crippen LogP contribution is -2.18. The van der Waals surface area contributed by atoms with Gasteiger partial charge >= 0.3 is 5.97 Å². The summed E-state index contributed by atoms with van der Waals surface area (Å²) < 4.78 is 37.0. The van der Waals surface area contributed by atoms with Crippen molar-refractivity contribution in [1.82, 2.24) is 0 Å². The van der Waals surface area contributed by atoms with E-state index >= 15 is 0 Å². The highest BCUT2D eigenvalue weighted by molar-refractivity contribution is 5.89. The van der Waals surface area contributed by atoms with E-state index in [1.807, 2.05) is 0 Å². The Hall–Kier alpha value is -3.03. The van der Waals surface area contributed by atoms with E-state index in [9.17, 15) is 23.7 Å². The van der Waals surface area contributed by atoms with Crippen molar-refractivity contribution in [2.45, 2.75) is 19.4 Å². The Balaban J connectivity index is 2.07. The third kappa shape index (κ3) is 4.28. The first-order valence-electron chi connectivity index (χ1n) is 7.29. The van der Waals surface area contributed by atoms with Crippen molar-refractivity contribution < 1.29 is 28.0 Å². The molecular weight excluding hydrogens is 336 g/mol. The minimum absolute atomic E-state index is 0.110. The van der Waals surface area contributed by atoms with Gasteiger partial charge in [-0.1, -0.05) is 6.07 Å². The lowest BCUT2D eigenvalue weighted by molar-refractivity contribution is -0.384. The Kier molecular flexibility index (Phi) is 5.63. The molecule has 6 nitrogen and oxygen atoms in total. The smallest absolute Gasteiger partial charge is 0.338 e. The van der Waals surface area contributed by atoms with Crippen LogP contribution in [0.1, 0.15) is 22.8 Å². The zero-order valence-electron chi connectivity index (χ0n) is 13.5. The highest BCUT2D eigenvalue weighted by Crippen LogP contribution is 2.26. The largest absolute Gasteiger partial charge is 0.493 e. The van der Waals surface area contributed by atoms with Gasteiger partial charge in [0.2, 0.25) is 5.82 Å². The van der Waals surface area contributed by atoms with Crippen LogP contribution in [0, 0.1) is 21.7 Å². The minimum atomic E-state index is -1.10. The number of carbonyl (C=O) groups excluding carboxylic acids is 1. The number of halogens is 2. The van der Waals surface area contributed by atoms with E-state index in [0.717, 1.165) is 6.07 Å². The van der Waals surface area contributed by atoms with Crippen molar-refractivity contribution >= 4 is 11.7 Å². The summed E-state index contributed by atoms with van der Waals surface area (Å²) >= 11 is 0. The number of hydrogen-bond donors (Lipinski definition) is 0. The molecule has 0 spiro atoms. The van der Waals surface area contributed by atoms with Crippen LogP contribution < -0.4 is 4.74 Å². The van der Waals surface area contributed by atoms with Gasteiger partial charge in [-0.25, -0.2) is 9.18 Å². The molecular formula is C17H15F2NO5. The first kappa shape index (κ1) is 18.3. The summed E-state index contributed by atoms with van der Waals surface area (Å²) in [5, 5.41) is 10.6. The molecule has 0 heterocycles. The molecule has 0 aliphatic carbocycles. The highest BCUT2D eigenvalue weighted by Gasteiger charge is 2.19. The Morgan fingerprint density at radius 3 is 2.40 bits per heavy atom. The van der Waals surface area contributed by atoms with Gasteiger partial charge in [0.15, 0.2) is 11.6 Å². The molecule has 2 aromatic carbocycles. The quantitative estimate of drug-likeness (QED) is 0.451. The molecule has 2 rings (SSSR count). The average molecular weight is 351 g/mol. The lowest BCUT2D eigenvalue weighted by Gasteiger charge is -2.16. The number of rotatable bonds is 6. The number of carbonyl (C=O) groups is 1. The van der Waals surface area contributed by atoms with E-state index in [-0.39, 0.29) is 23.4 Å². The summed E-state index contributed by atoms with van der Waals surface area (Å²) in [6, 6.07) is 7.28. The molecule has 0 unspecified atom stereocenters. The third-order valence-corrected chi connectivity index (χ3v) is 3.47. The van der Waals surface area contributed by atoms with Gasteiger partial charge in [-0.3, -0.25) is 10.1 Å². The minimum Gasteiger partial charge on any atom is -0.493 e. The zero-order chi connectivity index (χ0) is 18.6. The molecule has 0 aromatic heterocycles. The third-order valence-electron chi connectivity index (χ3n) is 3.47. The van der Waals surface area contributed by atoms with Crippen molar-refractivity contribution in [2.75, 3.05) is 7.11 Å². The Morgan fingerprint density at radius 1 is 1.20 bits per heavy atom. The topological polar surface area (TPSA) is 78.7 Å². The zero-order valence-corrected chi connectivity index (χ0v) is 13.5. The second-order valence-corrected chi connectivity index (χ2v) is 5.28. The standard InChI is InChI=1S/C17H15F2NO5/c1-10(9-12-5-8-14(18)15(19)16(12)24-2)25-17(21)11-3-6-13(7-4-11)20(22)23/h3-8,10H,9H2,1-2H3/t10-/m1/s1. The molecule has 0 amide bonds. The number of nitro groups is 1. The number of methoxy groups -OCH3 is 1.